The molecule has 0 heterocycles. The minimum absolute atomic E-state index is 0.610. The van der Waals surface area contributed by atoms with Crippen LogP contribution in [0.25, 0.3) is 0 Å². The summed E-state index contributed by atoms with van der Waals surface area (Å²) in [5.41, 5.74) is 6.83. The van der Waals surface area contributed by atoms with Crippen LogP contribution in [0.15, 0.2) is 24.3 Å². The highest BCUT2D eigenvalue weighted by Crippen LogP contribution is 2.32. The van der Waals surface area contributed by atoms with E-state index in [2.05, 4.69) is 19.2 Å². The smallest absolute Gasteiger partial charge is 0.0897 e. The quantitative estimate of drug-likeness (QED) is 0.665. The van der Waals surface area contributed by atoms with Crippen molar-refractivity contribution in [1.29, 1.82) is 0 Å². The molecule has 0 saturated carbocycles. The van der Waals surface area contributed by atoms with E-state index in [-0.39, 0.29) is 0 Å². The Labute approximate surface area is 110 Å². The fraction of sp³-hybridized carbons (Fsp3) is 0.600. The molecule has 0 saturated heterocycles. The van der Waals surface area contributed by atoms with Gasteiger partial charge in [0.05, 0.1) is 5.60 Å². The molecule has 0 radical (unpaired) electrons. The molecule has 3 heteroatoms. The lowest BCUT2D eigenvalue weighted by atomic mass is 9.85. The molecule has 0 fully saturated rings. The van der Waals surface area contributed by atoms with E-state index in [9.17, 15) is 5.11 Å². The third kappa shape index (κ3) is 4.00. The first-order valence-corrected chi connectivity index (χ1v) is 6.93. The molecule has 0 aliphatic rings. The van der Waals surface area contributed by atoms with Gasteiger partial charge in [0.15, 0.2) is 0 Å². The fourth-order valence-electron chi connectivity index (χ4n) is 2.38. The Hall–Kier alpha value is -1.06. The maximum Gasteiger partial charge on any atom is 0.0897 e. The number of aliphatic hydroxyl groups is 1. The summed E-state index contributed by atoms with van der Waals surface area (Å²) in [5, 5.41) is 14.0. The number of nitrogens with one attached hydrogen (secondary N) is 1. The predicted octanol–water partition coefficient (Wildman–Crippen LogP) is 2.85. The van der Waals surface area contributed by atoms with Crippen LogP contribution in [-0.4, -0.2) is 18.2 Å². The molecule has 1 rings (SSSR count). The molecule has 4 N–H and O–H groups in total. The zero-order valence-electron chi connectivity index (χ0n) is 11.6. The summed E-state index contributed by atoms with van der Waals surface area (Å²) in [6, 6.07) is 8.06. The monoisotopic (exact) mass is 250 g/mol. The van der Waals surface area contributed by atoms with Crippen LogP contribution in [0.4, 0.5) is 5.69 Å². The highest BCUT2D eigenvalue weighted by atomic mass is 16.3. The Balaban J connectivity index is 2.90. The first-order chi connectivity index (χ1) is 8.66. The van der Waals surface area contributed by atoms with Crippen LogP contribution >= 0.6 is 0 Å². The van der Waals surface area contributed by atoms with Gasteiger partial charge in [0, 0.05) is 18.8 Å². The lowest BCUT2D eigenvalue weighted by Crippen LogP contribution is -2.25. The topological polar surface area (TPSA) is 58.3 Å². The van der Waals surface area contributed by atoms with Crippen molar-refractivity contribution in [2.75, 3.05) is 18.4 Å². The van der Waals surface area contributed by atoms with Crippen LogP contribution < -0.4 is 11.1 Å². The minimum Gasteiger partial charge on any atom is -0.385 e. The number of nitrogens with two attached hydrogens (primary N) is 1. The van der Waals surface area contributed by atoms with Crippen molar-refractivity contribution in [3.63, 3.8) is 0 Å². The Morgan fingerprint density at radius 3 is 2.44 bits per heavy atom. The number of benzene rings is 1. The highest BCUT2D eigenvalue weighted by molar-refractivity contribution is 5.47. The SMILES string of the molecule is CCCC(O)(CCC)c1cccc(NCCN)c1. The van der Waals surface area contributed by atoms with Gasteiger partial charge in [0.25, 0.3) is 0 Å². The third-order valence-electron chi connectivity index (χ3n) is 3.20. The summed E-state index contributed by atoms with van der Waals surface area (Å²) >= 11 is 0. The zero-order chi connectivity index (χ0) is 13.4. The van der Waals surface area contributed by atoms with E-state index in [0.29, 0.717) is 6.54 Å². The van der Waals surface area contributed by atoms with Crippen molar-refractivity contribution in [2.45, 2.75) is 45.1 Å². The molecular formula is C15H26N2O. The van der Waals surface area contributed by atoms with E-state index >= 15 is 0 Å². The van der Waals surface area contributed by atoms with E-state index in [1.807, 2.05) is 24.3 Å². The number of hydrogen-bond acceptors (Lipinski definition) is 3. The van der Waals surface area contributed by atoms with Crippen LogP contribution in [0, 0.1) is 0 Å². The fourth-order valence-corrected chi connectivity index (χ4v) is 2.38. The Bertz CT molecular complexity index is 346. The second-order valence-corrected chi connectivity index (χ2v) is 4.83. The average Bonchev–Trinajstić information content (AvgIpc) is 2.37. The lowest BCUT2D eigenvalue weighted by Gasteiger charge is -2.28. The van der Waals surface area contributed by atoms with Crippen molar-refractivity contribution >= 4 is 5.69 Å². The van der Waals surface area contributed by atoms with Gasteiger partial charge in [-0.2, -0.15) is 0 Å². The summed E-state index contributed by atoms with van der Waals surface area (Å²) in [4.78, 5) is 0. The second-order valence-electron chi connectivity index (χ2n) is 4.83. The summed E-state index contributed by atoms with van der Waals surface area (Å²) in [6.07, 6.45) is 3.58. The zero-order valence-corrected chi connectivity index (χ0v) is 11.6. The van der Waals surface area contributed by atoms with Crippen LogP contribution in [0.2, 0.25) is 0 Å². The van der Waals surface area contributed by atoms with Crippen molar-refractivity contribution in [1.82, 2.24) is 0 Å². The molecule has 102 valence electrons. The van der Waals surface area contributed by atoms with Gasteiger partial charge in [-0.3, -0.25) is 0 Å². The molecule has 1 aromatic rings. The van der Waals surface area contributed by atoms with Crippen molar-refractivity contribution in [3.8, 4) is 0 Å². The van der Waals surface area contributed by atoms with Crippen LogP contribution in [0.5, 0.6) is 0 Å². The standard InChI is InChI=1S/C15H26N2O/c1-3-8-15(18,9-4-2)13-6-5-7-14(12-13)17-11-10-16/h5-7,12,17-18H,3-4,8-11,16H2,1-2H3. The van der Waals surface area contributed by atoms with Crippen molar-refractivity contribution < 1.29 is 5.11 Å². The first-order valence-electron chi connectivity index (χ1n) is 6.93. The average molecular weight is 250 g/mol. The molecule has 18 heavy (non-hydrogen) atoms. The van der Waals surface area contributed by atoms with Gasteiger partial charge >= 0.3 is 0 Å². The van der Waals surface area contributed by atoms with Crippen LogP contribution in [0.1, 0.15) is 45.1 Å². The largest absolute Gasteiger partial charge is 0.385 e. The van der Waals surface area contributed by atoms with Gasteiger partial charge in [-0.05, 0) is 30.5 Å². The predicted molar refractivity (Wildman–Crippen MR) is 77.7 cm³/mol. The molecule has 0 unspecified atom stereocenters. The molecule has 0 aliphatic carbocycles. The van der Waals surface area contributed by atoms with Gasteiger partial charge in [-0.15, -0.1) is 0 Å². The van der Waals surface area contributed by atoms with E-state index in [1.165, 1.54) is 0 Å². The molecule has 0 spiro atoms. The van der Waals surface area contributed by atoms with Gasteiger partial charge in [-0.1, -0.05) is 38.8 Å². The second kappa shape index (κ2) is 7.39. The summed E-state index contributed by atoms with van der Waals surface area (Å²) in [7, 11) is 0. The van der Waals surface area contributed by atoms with Crippen molar-refractivity contribution in [3.05, 3.63) is 29.8 Å². The highest BCUT2D eigenvalue weighted by Gasteiger charge is 2.27. The first kappa shape index (κ1) is 15.0. The maximum absolute atomic E-state index is 10.8. The number of hydrogen-bond donors (Lipinski definition) is 3. The molecule has 0 amide bonds. The van der Waals surface area contributed by atoms with Gasteiger partial charge in [0.2, 0.25) is 0 Å². The number of rotatable bonds is 8. The van der Waals surface area contributed by atoms with Crippen molar-refractivity contribution in [2.24, 2.45) is 5.73 Å². The Morgan fingerprint density at radius 2 is 1.89 bits per heavy atom. The lowest BCUT2D eigenvalue weighted by molar-refractivity contribution is 0.0170. The Kier molecular flexibility index (Phi) is 6.16. The molecular weight excluding hydrogens is 224 g/mol. The van der Waals surface area contributed by atoms with Gasteiger partial charge in [0.1, 0.15) is 0 Å². The normalized spacial score (nSPS) is 11.6. The molecule has 3 nitrogen and oxygen atoms in total. The molecule has 0 aliphatic heterocycles. The van der Waals surface area contributed by atoms with Crippen LogP contribution in [-0.2, 0) is 5.60 Å². The third-order valence-corrected chi connectivity index (χ3v) is 3.20. The van der Waals surface area contributed by atoms with Gasteiger partial charge < -0.3 is 16.2 Å². The maximum atomic E-state index is 10.8. The Morgan fingerprint density at radius 1 is 1.22 bits per heavy atom. The molecule has 0 aromatic heterocycles. The summed E-state index contributed by atoms with van der Waals surface area (Å²) in [6.45, 7) is 5.58. The number of anilines is 1. The van der Waals surface area contributed by atoms with Gasteiger partial charge in [-0.25, -0.2) is 0 Å². The summed E-state index contributed by atoms with van der Waals surface area (Å²) in [5.74, 6) is 0. The summed E-state index contributed by atoms with van der Waals surface area (Å²) < 4.78 is 0. The molecule has 0 bridgehead atoms. The van der Waals surface area contributed by atoms with E-state index in [4.69, 9.17) is 5.73 Å². The minimum atomic E-state index is -0.691. The van der Waals surface area contributed by atoms with Crippen LogP contribution in [0.3, 0.4) is 0 Å². The van der Waals surface area contributed by atoms with E-state index < -0.39 is 5.60 Å². The molecule has 1 aromatic carbocycles. The molecule has 0 atom stereocenters. The van der Waals surface area contributed by atoms with E-state index in [1.54, 1.807) is 0 Å². The van der Waals surface area contributed by atoms with E-state index in [0.717, 1.165) is 43.5 Å².